The molecule has 0 saturated carbocycles. The van der Waals surface area contributed by atoms with Crippen LogP contribution < -0.4 is 10.4 Å². The fourth-order valence-corrected chi connectivity index (χ4v) is 3.61. The summed E-state index contributed by atoms with van der Waals surface area (Å²) in [5.74, 6) is 6.05. The summed E-state index contributed by atoms with van der Waals surface area (Å²) in [5.41, 5.74) is 5.91. The maximum Gasteiger partial charge on any atom is 0.268 e. The van der Waals surface area contributed by atoms with Gasteiger partial charge in [-0.25, -0.2) is 13.0 Å². The highest BCUT2D eigenvalue weighted by Gasteiger charge is 2.15. The molecule has 6 nitrogen and oxygen atoms in total. The van der Waals surface area contributed by atoms with Gasteiger partial charge in [-0.3, -0.25) is 5.84 Å². The predicted octanol–water partition coefficient (Wildman–Crippen LogP) is 3.55. The molecule has 156 valence electrons. The predicted molar refractivity (Wildman–Crippen MR) is 117 cm³/mol. The van der Waals surface area contributed by atoms with E-state index in [1.807, 2.05) is 30.6 Å². The molecule has 4 rings (SSSR count). The SMILES string of the molecule is Cc1cc2c(cc1C)[n+](Cc1ccc(Cl)cc1)cn2N.O=S(=O)([O-])c1ccccc1. The molecule has 0 fully saturated rings. The Balaban J connectivity index is 0.000000216. The molecule has 0 radical (unpaired) electrons. The van der Waals surface area contributed by atoms with E-state index in [0.29, 0.717) is 0 Å². The Kier molecular flexibility index (Phi) is 6.45. The van der Waals surface area contributed by atoms with E-state index in [2.05, 4.69) is 30.5 Å². The fourth-order valence-electron chi connectivity index (χ4n) is 3.00. The van der Waals surface area contributed by atoms with Crippen molar-refractivity contribution < 1.29 is 17.5 Å². The minimum absolute atomic E-state index is 0.185. The highest BCUT2D eigenvalue weighted by Crippen LogP contribution is 2.17. The first-order valence-electron chi connectivity index (χ1n) is 9.17. The number of halogens is 1. The summed E-state index contributed by atoms with van der Waals surface area (Å²) in [6.45, 7) is 5.00. The van der Waals surface area contributed by atoms with E-state index in [1.165, 1.54) is 41.0 Å². The second kappa shape index (κ2) is 8.87. The maximum absolute atomic E-state index is 10.3. The number of nitrogens with two attached hydrogens (primary N) is 1. The number of hydrogen-bond acceptors (Lipinski definition) is 4. The Bertz CT molecular complexity index is 1270. The second-order valence-electron chi connectivity index (χ2n) is 6.97. The number of aryl methyl sites for hydroxylation is 2. The van der Waals surface area contributed by atoms with E-state index in [-0.39, 0.29) is 4.90 Å². The van der Waals surface area contributed by atoms with Crippen molar-refractivity contribution in [1.82, 2.24) is 4.68 Å². The number of rotatable bonds is 3. The van der Waals surface area contributed by atoms with Crippen molar-refractivity contribution >= 4 is 32.8 Å². The van der Waals surface area contributed by atoms with Gasteiger partial charge in [-0.15, -0.1) is 4.68 Å². The Hall–Kier alpha value is -2.87. The van der Waals surface area contributed by atoms with Crippen LogP contribution in [-0.2, 0) is 16.7 Å². The number of imidazole rings is 1. The number of nitrogens with zero attached hydrogens (tertiary/aromatic N) is 2. The summed E-state index contributed by atoms with van der Waals surface area (Å²) < 4.78 is 34.7. The highest BCUT2D eigenvalue weighted by molar-refractivity contribution is 7.85. The van der Waals surface area contributed by atoms with Crippen molar-refractivity contribution in [2.24, 2.45) is 0 Å². The third-order valence-electron chi connectivity index (χ3n) is 4.74. The molecule has 0 aliphatic heterocycles. The topological polar surface area (TPSA) is 92.0 Å². The molecule has 0 amide bonds. The zero-order valence-electron chi connectivity index (χ0n) is 16.6. The van der Waals surface area contributed by atoms with Crippen LogP contribution >= 0.6 is 11.6 Å². The van der Waals surface area contributed by atoms with Gasteiger partial charge in [-0.05, 0) is 66.9 Å². The average Bonchev–Trinajstić information content (AvgIpc) is 2.99. The molecular weight excluding hydrogens is 422 g/mol. The molecule has 0 atom stereocenters. The van der Waals surface area contributed by atoms with Gasteiger partial charge in [0.25, 0.3) is 6.33 Å². The molecule has 0 bridgehead atoms. The van der Waals surface area contributed by atoms with E-state index in [1.54, 1.807) is 10.7 Å². The van der Waals surface area contributed by atoms with Crippen molar-refractivity contribution in [2.75, 3.05) is 5.84 Å². The minimum atomic E-state index is -4.25. The van der Waals surface area contributed by atoms with Gasteiger partial charge in [-0.2, -0.15) is 0 Å². The van der Waals surface area contributed by atoms with Crippen LogP contribution in [0.3, 0.4) is 0 Å². The Morgan fingerprint density at radius 1 is 1.00 bits per heavy atom. The van der Waals surface area contributed by atoms with Crippen LogP contribution in [0.4, 0.5) is 0 Å². The van der Waals surface area contributed by atoms with Crippen LogP contribution in [-0.4, -0.2) is 17.6 Å². The lowest BCUT2D eigenvalue weighted by molar-refractivity contribution is -0.663. The molecule has 0 spiro atoms. The molecule has 0 saturated heterocycles. The first-order chi connectivity index (χ1) is 14.1. The molecule has 30 heavy (non-hydrogen) atoms. The van der Waals surface area contributed by atoms with Crippen LogP contribution in [0.25, 0.3) is 11.0 Å². The van der Waals surface area contributed by atoms with Gasteiger partial charge >= 0.3 is 0 Å². The quantitative estimate of drug-likeness (QED) is 0.297. The number of aromatic nitrogens is 2. The van der Waals surface area contributed by atoms with E-state index in [4.69, 9.17) is 17.4 Å². The molecular formula is C22H22ClN3O3S. The Morgan fingerprint density at radius 2 is 1.60 bits per heavy atom. The lowest BCUT2D eigenvalue weighted by Gasteiger charge is -2.04. The van der Waals surface area contributed by atoms with Gasteiger partial charge in [0.15, 0.2) is 11.0 Å². The van der Waals surface area contributed by atoms with Crippen LogP contribution in [0.2, 0.25) is 5.02 Å². The van der Waals surface area contributed by atoms with Gasteiger partial charge in [0.1, 0.15) is 16.7 Å². The largest absolute Gasteiger partial charge is 0.744 e. The molecule has 0 aliphatic rings. The van der Waals surface area contributed by atoms with E-state index in [0.717, 1.165) is 22.6 Å². The molecule has 0 aliphatic carbocycles. The maximum atomic E-state index is 10.3. The zero-order chi connectivity index (χ0) is 21.9. The smallest absolute Gasteiger partial charge is 0.268 e. The van der Waals surface area contributed by atoms with Gasteiger partial charge in [-0.1, -0.05) is 41.9 Å². The lowest BCUT2D eigenvalue weighted by Crippen LogP contribution is -2.33. The molecule has 2 N–H and O–H groups in total. The Labute approximate surface area is 180 Å². The van der Waals surface area contributed by atoms with Crippen LogP contribution in [0.1, 0.15) is 16.7 Å². The first-order valence-corrected chi connectivity index (χ1v) is 11.0. The normalized spacial score (nSPS) is 11.2. The average molecular weight is 444 g/mol. The fraction of sp³-hybridized carbons (Fsp3) is 0.136. The monoisotopic (exact) mass is 443 g/mol. The van der Waals surface area contributed by atoms with Gasteiger partial charge in [0.2, 0.25) is 0 Å². The molecule has 1 aromatic heterocycles. The summed E-state index contributed by atoms with van der Waals surface area (Å²) in [6, 6.07) is 19.4. The van der Waals surface area contributed by atoms with Crippen molar-refractivity contribution in [2.45, 2.75) is 25.3 Å². The number of nitrogen functional groups attached to an aromatic ring is 1. The van der Waals surface area contributed by atoms with Crippen LogP contribution in [0.5, 0.6) is 0 Å². The summed E-state index contributed by atoms with van der Waals surface area (Å²) in [4.78, 5) is -0.185. The minimum Gasteiger partial charge on any atom is -0.744 e. The van der Waals surface area contributed by atoms with E-state index in [9.17, 15) is 13.0 Å². The van der Waals surface area contributed by atoms with E-state index < -0.39 is 10.1 Å². The summed E-state index contributed by atoms with van der Waals surface area (Å²) in [7, 11) is -4.25. The summed E-state index contributed by atoms with van der Waals surface area (Å²) in [5, 5.41) is 0.756. The number of hydrogen-bond donors (Lipinski definition) is 1. The Morgan fingerprint density at radius 3 is 2.17 bits per heavy atom. The second-order valence-corrected chi connectivity index (χ2v) is 8.79. The van der Waals surface area contributed by atoms with Gasteiger partial charge < -0.3 is 4.55 Å². The number of fused-ring (bicyclic) bond motifs is 1. The van der Waals surface area contributed by atoms with E-state index >= 15 is 0 Å². The van der Waals surface area contributed by atoms with Gasteiger partial charge in [0.05, 0.1) is 4.90 Å². The van der Waals surface area contributed by atoms with Crippen LogP contribution in [0, 0.1) is 13.8 Å². The molecule has 4 aromatic rings. The zero-order valence-corrected chi connectivity index (χ0v) is 18.2. The summed E-state index contributed by atoms with van der Waals surface area (Å²) in [6.07, 6.45) is 1.93. The molecule has 3 aromatic carbocycles. The van der Waals surface area contributed by atoms with Crippen molar-refractivity contribution in [3.63, 3.8) is 0 Å². The van der Waals surface area contributed by atoms with Crippen LogP contribution in [0.15, 0.2) is 78.0 Å². The molecule has 0 unspecified atom stereocenters. The van der Waals surface area contributed by atoms with Crippen molar-refractivity contribution in [1.29, 1.82) is 0 Å². The number of benzene rings is 3. The standard InChI is InChI=1S/C16H17ClN3.C6H6O3S/c1-11-7-15-16(8-12(11)2)20(18)10-19(15)9-13-3-5-14(17)6-4-13;7-10(8,9)6-4-2-1-3-5-6/h3-8,10H,9,18H2,1-2H3;1-5H,(H,7,8,9)/q+1;/p-1. The summed E-state index contributed by atoms with van der Waals surface area (Å²) >= 11 is 5.92. The van der Waals surface area contributed by atoms with Crippen molar-refractivity contribution in [3.05, 3.63) is 94.8 Å². The molecule has 1 heterocycles. The third-order valence-corrected chi connectivity index (χ3v) is 5.84. The van der Waals surface area contributed by atoms with Gasteiger partial charge in [0, 0.05) is 5.02 Å². The molecule has 8 heteroatoms. The highest BCUT2D eigenvalue weighted by atomic mass is 35.5. The van der Waals surface area contributed by atoms with Crippen molar-refractivity contribution in [3.8, 4) is 0 Å². The third kappa shape index (κ3) is 5.18. The first kappa shape index (κ1) is 21.8. The lowest BCUT2D eigenvalue weighted by atomic mass is 10.1.